The lowest BCUT2D eigenvalue weighted by Gasteiger charge is -2.30. The largest absolute Gasteiger partial charge is 0.411 e. The van der Waals surface area contributed by atoms with Gasteiger partial charge in [-0.15, -0.1) is 0 Å². The van der Waals surface area contributed by atoms with Crippen molar-refractivity contribution in [3.63, 3.8) is 0 Å². The highest BCUT2D eigenvalue weighted by Gasteiger charge is 2.38. The highest BCUT2D eigenvalue weighted by atomic mass is 19.4. The van der Waals surface area contributed by atoms with Crippen molar-refractivity contribution in [3.8, 4) is 0 Å². The molecule has 0 aliphatic carbocycles. The first-order chi connectivity index (χ1) is 13.6. The van der Waals surface area contributed by atoms with Crippen LogP contribution in [0, 0.1) is 0 Å². The van der Waals surface area contributed by atoms with Gasteiger partial charge in [0.15, 0.2) is 5.79 Å². The molecule has 0 aromatic rings. The molecule has 2 nitrogen and oxygen atoms in total. The number of hydrogen-bond acceptors (Lipinski definition) is 2. The summed E-state index contributed by atoms with van der Waals surface area (Å²) < 4.78 is 83.7. The second kappa shape index (κ2) is 13.2. The molecule has 0 radical (unpaired) electrons. The van der Waals surface area contributed by atoms with Gasteiger partial charge in [0.05, 0.1) is 0 Å². The minimum absolute atomic E-state index is 0.117. The van der Waals surface area contributed by atoms with Crippen LogP contribution in [0.25, 0.3) is 0 Å². The van der Waals surface area contributed by atoms with E-state index in [9.17, 15) is 26.3 Å². The summed E-state index contributed by atoms with van der Waals surface area (Å²) in [7, 11) is 0. The average Bonchev–Trinajstić information content (AvgIpc) is 2.57. The molecule has 30 heavy (non-hydrogen) atoms. The predicted octanol–water partition coefficient (Wildman–Crippen LogP) is 8.06. The van der Waals surface area contributed by atoms with Gasteiger partial charge < -0.3 is 9.47 Å². The maximum atomic E-state index is 12.4. The lowest BCUT2D eigenvalue weighted by Crippen LogP contribution is -2.39. The Bertz CT molecular complexity index is 563. The molecule has 0 heterocycles. The van der Waals surface area contributed by atoms with Gasteiger partial charge in [0.1, 0.15) is 13.2 Å². The molecule has 0 bridgehead atoms. The van der Waals surface area contributed by atoms with Gasteiger partial charge in [-0.05, 0) is 66.7 Å². The van der Waals surface area contributed by atoms with Crippen LogP contribution in [-0.4, -0.2) is 31.4 Å². The van der Waals surface area contributed by atoms with Crippen molar-refractivity contribution >= 4 is 0 Å². The standard InChI is InChI=1S/C22H34F6O2/c1-17(2)9-6-10-18(3)11-7-12-19(4)13-8-14-20(5,29-15-21(23,24)25)30-16-22(26,27)28/h9,11,13H,6-8,10,12,14-16H2,1-5H3/b18-11?,19-13-. The first-order valence-corrected chi connectivity index (χ1v) is 9.98. The van der Waals surface area contributed by atoms with Crippen LogP contribution in [0.15, 0.2) is 34.9 Å². The summed E-state index contributed by atoms with van der Waals surface area (Å²) >= 11 is 0. The molecule has 0 rings (SSSR count). The fourth-order valence-electron chi connectivity index (χ4n) is 2.57. The third-order valence-electron chi connectivity index (χ3n) is 4.30. The Labute approximate surface area is 176 Å². The minimum Gasteiger partial charge on any atom is -0.341 e. The van der Waals surface area contributed by atoms with E-state index in [0.717, 1.165) is 38.2 Å². The Morgan fingerprint density at radius 3 is 1.47 bits per heavy atom. The van der Waals surface area contributed by atoms with Crippen LogP contribution in [-0.2, 0) is 9.47 Å². The van der Waals surface area contributed by atoms with E-state index in [2.05, 4.69) is 42.4 Å². The van der Waals surface area contributed by atoms with E-state index in [4.69, 9.17) is 0 Å². The molecule has 0 saturated carbocycles. The molecule has 0 spiro atoms. The molecule has 8 heteroatoms. The highest BCUT2D eigenvalue weighted by Crippen LogP contribution is 2.28. The van der Waals surface area contributed by atoms with Gasteiger partial charge in [0.25, 0.3) is 0 Å². The Morgan fingerprint density at radius 1 is 0.667 bits per heavy atom. The van der Waals surface area contributed by atoms with Crippen LogP contribution >= 0.6 is 0 Å². The molecule has 0 saturated heterocycles. The quantitative estimate of drug-likeness (QED) is 0.162. The molecule has 0 aromatic heterocycles. The monoisotopic (exact) mass is 444 g/mol. The van der Waals surface area contributed by atoms with E-state index in [0.29, 0.717) is 0 Å². The average molecular weight is 445 g/mol. The number of rotatable bonds is 13. The molecule has 0 fully saturated rings. The van der Waals surface area contributed by atoms with E-state index in [1.807, 2.05) is 6.92 Å². The van der Waals surface area contributed by atoms with E-state index in [1.54, 1.807) is 6.08 Å². The van der Waals surface area contributed by atoms with Gasteiger partial charge in [0.2, 0.25) is 0 Å². The van der Waals surface area contributed by atoms with Crippen LogP contribution in [0.1, 0.15) is 73.1 Å². The summed E-state index contributed by atoms with van der Waals surface area (Å²) in [5.74, 6) is -1.97. The number of ether oxygens (including phenoxy) is 2. The first-order valence-electron chi connectivity index (χ1n) is 9.98. The van der Waals surface area contributed by atoms with Crippen molar-refractivity contribution in [2.45, 2.75) is 91.3 Å². The molecule has 0 N–H and O–H groups in total. The van der Waals surface area contributed by atoms with Gasteiger partial charge in [0, 0.05) is 6.42 Å². The molecule has 0 amide bonds. The minimum atomic E-state index is -4.65. The van der Waals surface area contributed by atoms with Gasteiger partial charge >= 0.3 is 12.4 Å². The van der Waals surface area contributed by atoms with Gasteiger partial charge in [-0.2, -0.15) is 26.3 Å². The van der Waals surface area contributed by atoms with Crippen molar-refractivity contribution in [2.24, 2.45) is 0 Å². The van der Waals surface area contributed by atoms with Gasteiger partial charge in [-0.25, -0.2) is 0 Å². The fourth-order valence-corrected chi connectivity index (χ4v) is 2.57. The van der Waals surface area contributed by atoms with Gasteiger partial charge in [-0.3, -0.25) is 0 Å². The number of allylic oxidation sites excluding steroid dienone is 6. The summed E-state index contributed by atoms with van der Waals surface area (Å²) in [5.41, 5.74) is 3.58. The van der Waals surface area contributed by atoms with Gasteiger partial charge in [-0.1, -0.05) is 34.9 Å². The zero-order valence-corrected chi connectivity index (χ0v) is 18.5. The lowest BCUT2D eigenvalue weighted by molar-refractivity contribution is -0.305. The van der Waals surface area contributed by atoms with E-state index < -0.39 is 31.4 Å². The maximum absolute atomic E-state index is 12.4. The van der Waals surface area contributed by atoms with Crippen LogP contribution in [0.5, 0.6) is 0 Å². The Balaban J connectivity index is 4.62. The summed E-state index contributed by atoms with van der Waals surface area (Å²) in [4.78, 5) is 0. The van der Waals surface area contributed by atoms with Crippen molar-refractivity contribution in [2.75, 3.05) is 13.2 Å². The summed E-state index contributed by atoms with van der Waals surface area (Å²) in [6, 6.07) is 0. The van der Waals surface area contributed by atoms with E-state index >= 15 is 0 Å². The summed E-state index contributed by atoms with van der Waals surface area (Å²) in [6.07, 6.45) is 0.551. The van der Waals surface area contributed by atoms with Crippen molar-refractivity contribution in [1.29, 1.82) is 0 Å². The van der Waals surface area contributed by atoms with E-state index in [-0.39, 0.29) is 12.8 Å². The summed E-state index contributed by atoms with van der Waals surface area (Å²) in [6.45, 7) is 5.84. The topological polar surface area (TPSA) is 18.5 Å². The second-order valence-electron chi connectivity index (χ2n) is 7.94. The molecule has 0 aliphatic heterocycles. The van der Waals surface area contributed by atoms with Crippen LogP contribution < -0.4 is 0 Å². The number of halogens is 6. The molecular weight excluding hydrogens is 410 g/mol. The Morgan fingerprint density at radius 2 is 1.07 bits per heavy atom. The molecule has 176 valence electrons. The first kappa shape index (κ1) is 28.7. The van der Waals surface area contributed by atoms with Crippen LogP contribution in [0.2, 0.25) is 0 Å². The molecular formula is C22H34F6O2. The van der Waals surface area contributed by atoms with E-state index in [1.165, 1.54) is 11.1 Å². The van der Waals surface area contributed by atoms with Crippen molar-refractivity contribution in [1.82, 2.24) is 0 Å². The third kappa shape index (κ3) is 17.6. The SMILES string of the molecule is CC(C)=CCCC(C)=CCC/C(C)=C\CCC(C)(OCC(F)(F)F)OCC(F)(F)F. The van der Waals surface area contributed by atoms with Crippen LogP contribution in [0.4, 0.5) is 26.3 Å². The highest BCUT2D eigenvalue weighted by molar-refractivity contribution is 5.05. The molecule has 0 aliphatic rings. The second-order valence-corrected chi connectivity index (χ2v) is 7.94. The van der Waals surface area contributed by atoms with Crippen molar-refractivity contribution < 1.29 is 35.8 Å². The Kier molecular flexibility index (Phi) is 12.6. The fraction of sp³-hybridized carbons (Fsp3) is 0.727. The summed E-state index contributed by atoms with van der Waals surface area (Å²) in [5, 5.41) is 0. The zero-order valence-electron chi connectivity index (χ0n) is 18.5. The number of hydrogen-bond donors (Lipinski definition) is 0. The predicted molar refractivity (Wildman–Crippen MR) is 107 cm³/mol. The van der Waals surface area contributed by atoms with Crippen molar-refractivity contribution in [3.05, 3.63) is 34.9 Å². The van der Waals surface area contributed by atoms with Crippen LogP contribution in [0.3, 0.4) is 0 Å². The number of alkyl halides is 6. The molecule has 0 unspecified atom stereocenters. The molecule has 0 aromatic carbocycles. The maximum Gasteiger partial charge on any atom is 0.411 e. The third-order valence-corrected chi connectivity index (χ3v) is 4.30. The molecule has 0 atom stereocenters. The lowest BCUT2D eigenvalue weighted by atomic mass is 10.0. The zero-order chi connectivity index (χ0) is 23.4. The normalized spacial score (nSPS) is 14.2. The Hall–Kier alpha value is -1.28. The smallest absolute Gasteiger partial charge is 0.341 e.